The fourth-order valence-corrected chi connectivity index (χ4v) is 1.92. The lowest BCUT2D eigenvalue weighted by Crippen LogP contribution is -2.48. The minimum Gasteiger partial charge on any atom is -0.341 e. The maximum Gasteiger partial charge on any atom is 0.413 e. The summed E-state index contributed by atoms with van der Waals surface area (Å²) in [6, 6.07) is -0.497. The molecule has 0 bridgehead atoms. The van der Waals surface area contributed by atoms with Crippen molar-refractivity contribution in [3.8, 4) is 0 Å². The Labute approximate surface area is 82.0 Å². The highest BCUT2D eigenvalue weighted by Gasteiger charge is 2.31. The summed E-state index contributed by atoms with van der Waals surface area (Å²) in [7, 11) is -4.66. The summed E-state index contributed by atoms with van der Waals surface area (Å²) in [5, 5.41) is 2.28. The Balaban J connectivity index is 2.51. The fourth-order valence-electron chi connectivity index (χ4n) is 1.58. The van der Waals surface area contributed by atoms with Gasteiger partial charge in [-0.15, -0.1) is 0 Å². The van der Waals surface area contributed by atoms with E-state index < -0.39 is 13.2 Å². The zero-order valence-corrected chi connectivity index (χ0v) is 8.61. The van der Waals surface area contributed by atoms with Crippen LogP contribution in [-0.4, -0.2) is 27.5 Å². The van der Waals surface area contributed by atoms with Crippen LogP contribution in [0.1, 0.15) is 25.7 Å². The SMILES string of the molecule is N[C@H]1CCCC[C@@H]1NC(=O)P(=O)(O)O. The zero-order valence-electron chi connectivity index (χ0n) is 7.72. The van der Waals surface area contributed by atoms with Gasteiger partial charge in [-0.25, -0.2) is 4.57 Å². The van der Waals surface area contributed by atoms with E-state index in [4.69, 9.17) is 15.5 Å². The topological polar surface area (TPSA) is 113 Å². The highest BCUT2D eigenvalue weighted by Crippen LogP contribution is 2.35. The molecule has 82 valence electrons. The maximum absolute atomic E-state index is 10.9. The second-order valence-electron chi connectivity index (χ2n) is 3.55. The molecule has 0 heterocycles. The Kier molecular flexibility index (Phi) is 3.66. The number of carbonyl (C=O) groups excluding carboxylic acids is 1. The van der Waals surface area contributed by atoms with Crippen molar-refractivity contribution in [2.45, 2.75) is 37.8 Å². The van der Waals surface area contributed by atoms with Crippen LogP contribution in [0.15, 0.2) is 0 Å². The third-order valence-electron chi connectivity index (χ3n) is 2.39. The van der Waals surface area contributed by atoms with Crippen LogP contribution < -0.4 is 11.1 Å². The molecule has 1 aliphatic rings. The molecule has 0 radical (unpaired) electrons. The average molecular weight is 222 g/mol. The van der Waals surface area contributed by atoms with Gasteiger partial charge in [-0.1, -0.05) is 12.8 Å². The van der Waals surface area contributed by atoms with Gasteiger partial charge in [-0.2, -0.15) is 0 Å². The van der Waals surface area contributed by atoms with Gasteiger partial charge in [0.1, 0.15) is 0 Å². The van der Waals surface area contributed by atoms with E-state index in [2.05, 4.69) is 5.32 Å². The zero-order chi connectivity index (χ0) is 10.8. The first kappa shape index (κ1) is 11.7. The third-order valence-corrected chi connectivity index (χ3v) is 3.05. The van der Waals surface area contributed by atoms with Crippen molar-refractivity contribution in [2.24, 2.45) is 5.73 Å². The van der Waals surface area contributed by atoms with Gasteiger partial charge in [0.25, 0.3) is 0 Å². The van der Waals surface area contributed by atoms with Crippen molar-refractivity contribution in [1.29, 1.82) is 0 Å². The summed E-state index contributed by atoms with van der Waals surface area (Å²) in [4.78, 5) is 28.1. The van der Waals surface area contributed by atoms with Gasteiger partial charge in [0.15, 0.2) is 0 Å². The van der Waals surface area contributed by atoms with Crippen molar-refractivity contribution < 1.29 is 19.1 Å². The minimum atomic E-state index is -4.66. The molecule has 1 fully saturated rings. The molecule has 7 heteroatoms. The van der Waals surface area contributed by atoms with Gasteiger partial charge in [0.2, 0.25) is 0 Å². The fraction of sp³-hybridized carbons (Fsp3) is 0.857. The van der Waals surface area contributed by atoms with Crippen molar-refractivity contribution in [3.05, 3.63) is 0 Å². The monoisotopic (exact) mass is 222 g/mol. The normalized spacial score (nSPS) is 28.5. The quantitative estimate of drug-likeness (QED) is 0.496. The Bertz CT molecular complexity index is 264. The van der Waals surface area contributed by atoms with Gasteiger partial charge in [-0.3, -0.25) is 4.79 Å². The van der Waals surface area contributed by atoms with E-state index in [1.54, 1.807) is 0 Å². The van der Waals surface area contributed by atoms with Crippen LogP contribution in [0.25, 0.3) is 0 Å². The third kappa shape index (κ3) is 3.06. The van der Waals surface area contributed by atoms with E-state index >= 15 is 0 Å². The van der Waals surface area contributed by atoms with E-state index in [1.807, 2.05) is 0 Å². The van der Waals surface area contributed by atoms with Crippen molar-refractivity contribution >= 4 is 13.2 Å². The average Bonchev–Trinajstić information content (AvgIpc) is 2.07. The largest absolute Gasteiger partial charge is 0.413 e. The van der Waals surface area contributed by atoms with Crippen molar-refractivity contribution in [1.82, 2.24) is 5.32 Å². The predicted octanol–water partition coefficient (Wildman–Crippen LogP) is 0.144. The molecule has 5 N–H and O–H groups in total. The van der Waals surface area contributed by atoms with Crippen LogP contribution in [0.3, 0.4) is 0 Å². The summed E-state index contributed by atoms with van der Waals surface area (Å²) < 4.78 is 10.6. The molecule has 0 aromatic heterocycles. The van der Waals surface area contributed by atoms with E-state index in [0.29, 0.717) is 6.42 Å². The number of hydrogen-bond donors (Lipinski definition) is 4. The van der Waals surface area contributed by atoms with Crippen molar-refractivity contribution in [3.63, 3.8) is 0 Å². The lowest BCUT2D eigenvalue weighted by atomic mass is 9.91. The standard InChI is InChI=1S/C7H15N2O4P/c8-5-3-1-2-4-6(5)9-7(10)14(11,12)13/h5-6H,1-4,8H2,(H,9,10)(H2,11,12,13)/t5-,6-/m0/s1. The Morgan fingerprint density at radius 1 is 1.36 bits per heavy atom. The first-order valence-corrected chi connectivity index (χ1v) is 6.14. The molecular formula is C7H15N2O4P. The molecule has 0 spiro atoms. The van der Waals surface area contributed by atoms with Gasteiger partial charge in [-0.05, 0) is 12.8 Å². The lowest BCUT2D eigenvalue weighted by molar-refractivity contribution is 0.237. The lowest BCUT2D eigenvalue weighted by Gasteiger charge is -2.29. The molecule has 0 unspecified atom stereocenters. The Morgan fingerprint density at radius 3 is 2.43 bits per heavy atom. The van der Waals surface area contributed by atoms with Crippen LogP contribution in [0.2, 0.25) is 0 Å². The molecule has 6 nitrogen and oxygen atoms in total. The molecule has 1 aliphatic carbocycles. The summed E-state index contributed by atoms with van der Waals surface area (Å²) >= 11 is 0. The summed E-state index contributed by atoms with van der Waals surface area (Å²) in [6.45, 7) is 0. The van der Waals surface area contributed by atoms with Crippen molar-refractivity contribution in [2.75, 3.05) is 0 Å². The van der Waals surface area contributed by atoms with Crippen LogP contribution in [-0.2, 0) is 4.57 Å². The Morgan fingerprint density at radius 2 is 1.93 bits per heavy atom. The number of amides is 1. The van der Waals surface area contributed by atoms with Gasteiger partial charge >= 0.3 is 13.2 Å². The Hall–Kier alpha value is -0.420. The predicted molar refractivity (Wildman–Crippen MR) is 50.8 cm³/mol. The minimum absolute atomic E-state index is 0.195. The summed E-state index contributed by atoms with van der Waals surface area (Å²) in [6.07, 6.45) is 3.41. The first-order valence-electron chi connectivity index (χ1n) is 4.53. The van der Waals surface area contributed by atoms with E-state index in [1.165, 1.54) is 0 Å². The maximum atomic E-state index is 10.9. The number of carbonyl (C=O) groups is 1. The van der Waals surface area contributed by atoms with Crippen LogP contribution in [0.4, 0.5) is 4.79 Å². The summed E-state index contributed by atoms with van der Waals surface area (Å²) in [5.74, 6) is 0. The van der Waals surface area contributed by atoms with Gasteiger partial charge in [0.05, 0.1) is 0 Å². The molecule has 1 rings (SSSR count). The molecular weight excluding hydrogens is 207 g/mol. The first-order chi connectivity index (χ1) is 6.41. The molecule has 0 aliphatic heterocycles. The highest BCUT2D eigenvalue weighted by molar-refractivity contribution is 7.69. The van der Waals surface area contributed by atoms with Crippen LogP contribution in [0, 0.1) is 0 Å². The highest BCUT2D eigenvalue weighted by atomic mass is 31.2. The van der Waals surface area contributed by atoms with Gasteiger partial charge < -0.3 is 20.8 Å². The molecule has 2 atom stereocenters. The molecule has 14 heavy (non-hydrogen) atoms. The van der Waals surface area contributed by atoms with Crippen LogP contribution >= 0.6 is 7.60 Å². The number of nitrogens with two attached hydrogens (primary N) is 1. The van der Waals surface area contributed by atoms with E-state index in [-0.39, 0.29) is 12.1 Å². The molecule has 1 amide bonds. The number of rotatable bonds is 2. The second kappa shape index (κ2) is 4.40. The van der Waals surface area contributed by atoms with Crippen LogP contribution in [0.5, 0.6) is 0 Å². The molecule has 0 aromatic carbocycles. The molecule has 0 saturated heterocycles. The molecule has 0 aromatic rings. The van der Waals surface area contributed by atoms with Gasteiger partial charge in [0, 0.05) is 12.1 Å². The van der Waals surface area contributed by atoms with E-state index in [0.717, 1.165) is 19.3 Å². The second-order valence-corrected chi connectivity index (χ2v) is 5.04. The number of hydrogen-bond acceptors (Lipinski definition) is 3. The molecule has 1 saturated carbocycles. The van der Waals surface area contributed by atoms with E-state index in [9.17, 15) is 9.36 Å². The smallest absolute Gasteiger partial charge is 0.341 e. The number of nitrogens with one attached hydrogen (secondary N) is 1. The summed E-state index contributed by atoms with van der Waals surface area (Å²) in [5.41, 5.74) is 4.48.